The monoisotopic (exact) mass is 778 g/mol. The number of azo groups is 2. The van der Waals surface area contributed by atoms with Gasteiger partial charge in [0.2, 0.25) is 0 Å². The molecule has 0 aromatic heterocycles. The molecular weight excluding hydrogens is 741 g/mol. The Bertz CT molecular complexity index is 2140. The van der Waals surface area contributed by atoms with E-state index in [4.69, 9.17) is 42.7 Å². The summed E-state index contributed by atoms with van der Waals surface area (Å²) in [4.78, 5) is 0. The standard InChI is InChI=1S/C22H23N5O4S.C10H15NO4S.O3S/c1-16-14-20(23)22(31-12-5-13-32(28,29)30)15-21(16)27-26-19-10-8-18(9-11-19)25-24-17-6-3-2-4-7-17;1-8-3-4-10(9(11)7-8)15-5-2-6-16(12,13)14;1-4(2)3/h2-4,6-11,14-15H,5,12-13,23H2,1H3,(H,28,29,30);3-4,7H,2,5-6,11H2,1H3,(H,12,13,14);. The Kier molecular flexibility index (Phi) is 17.5. The zero-order valence-electron chi connectivity index (χ0n) is 28.1. The van der Waals surface area contributed by atoms with Gasteiger partial charge in [0, 0.05) is 6.07 Å². The lowest BCUT2D eigenvalue weighted by Crippen LogP contribution is -2.09. The van der Waals surface area contributed by atoms with Crippen molar-refractivity contribution < 1.29 is 48.0 Å². The topological polar surface area (TPSA) is 280 Å². The van der Waals surface area contributed by atoms with E-state index in [-0.39, 0.29) is 37.6 Å². The maximum atomic E-state index is 10.8. The van der Waals surface area contributed by atoms with Gasteiger partial charge in [-0.3, -0.25) is 9.11 Å². The molecule has 4 rings (SSSR count). The fraction of sp³-hybridized carbons (Fsp3) is 0.250. The van der Waals surface area contributed by atoms with Gasteiger partial charge < -0.3 is 20.9 Å². The van der Waals surface area contributed by atoms with Crippen LogP contribution in [0.5, 0.6) is 11.5 Å². The molecule has 0 heterocycles. The summed E-state index contributed by atoms with van der Waals surface area (Å²) >= 11 is 0. The van der Waals surface area contributed by atoms with E-state index in [0.29, 0.717) is 39.9 Å². The highest BCUT2D eigenvalue weighted by Gasteiger charge is 2.09. The Morgan fingerprint density at radius 2 is 1.06 bits per heavy atom. The van der Waals surface area contributed by atoms with E-state index >= 15 is 0 Å². The summed E-state index contributed by atoms with van der Waals surface area (Å²) in [6, 6.07) is 25.3. The molecule has 17 nitrogen and oxygen atoms in total. The highest BCUT2D eigenvalue weighted by atomic mass is 32.2. The second kappa shape index (κ2) is 21.2. The Hall–Kier alpha value is -5.28. The van der Waals surface area contributed by atoms with E-state index < -0.39 is 30.8 Å². The van der Waals surface area contributed by atoms with Crippen LogP contribution in [0, 0.1) is 13.8 Å². The van der Waals surface area contributed by atoms with E-state index in [1.54, 1.807) is 48.5 Å². The molecule has 0 aliphatic heterocycles. The van der Waals surface area contributed by atoms with Crippen molar-refractivity contribution in [3.63, 3.8) is 0 Å². The molecule has 52 heavy (non-hydrogen) atoms. The number of hydrogen-bond donors (Lipinski definition) is 4. The van der Waals surface area contributed by atoms with E-state index in [1.165, 1.54) is 0 Å². The number of rotatable bonds is 14. The minimum atomic E-state index is -4.02. The van der Waals surface area contributed by atoms with Gasteiger partial charge in [-0.25, -0.2) is 0 Å². The van der Waals surface area contributed by atoms with Crippen LogP contribution in [0.15, 0.2) is 105 Å². The maximum absolute atomic E-state index is 10.8. The van der Waals surface area contributed by atoms with Crippen LogP contribution in [0.2, 0.25) is 0 Å². The third-order valence-electron chi connectivity index (χ3n) is 6.26. The molecule has 0 fully saturated rings. The summed E-state index contributed by atoms with van der Waals surface area (Å²) < 4.78 is 95.9. The summed E-state index contributed by atoms with van der Waals surface area (Å²) in [7, 11) is -11.0. The summed E-state index contributed by atoms with van der Waals surface area (Å²) in [5, 5.41) is 16.9. The first-order valence-electron chi connectivity index (χ1n) is 15.1. The first kappa shape index (κ1) is 42.9. The number of aryl methyl sites for hydroxylation is 2. The Labute approximate surface area is 303 Å². The largest absolute Gasteiger partial charge is 0.491 e. The molecule has 0 amide bonds. The fourth-order valence-corrected chi connectivity index (χ4v) is 4.85. The molecule has 0 atom stereocenters. The van der Waals surface area contributed by atoms with Gasteiger partial charge in [-0.2, -0.15) is 37.3 Å². The SMILES string of the molecule is Cc1cc(N)c(OCCCS(=O)(=O)O)cc1N=Nc1ccc(N=Nc2ccccc2)cc1.Cc1ccc(OCCCS(=O)(=O)O)c(N)c1.O=S(=O)=O. The molecule has 0 unspecified atom stereocenters. The molecular formula is C32H38N6O11S3. The van der Waals surface area contributed by atoms with Crippen molar-refractivity contribution in [1.29, 1.82) is 0 Å². The number of anilines is 2. The quantitative estimate of drug-likeness (QED) is 0.0474. The van der Waals surface area contributed by atoms with Crippen molar-refractivity contribution >= 4 is 65.0 Å². The number of nitrogens with two attached hydrogens (primary N) is 2. The molecule has 0 radical (unpaired) electrons. The van der Waals surface area contributed by atoms with Gasteiger partial charge >= 0.3 is 10.6 Å². The van der Waals surface area contributed by atoms with Gasteiger partial charge in [-0.1, -0.05) is 24.3 Å². The second-order valence-electron chi connectivity index (χ2n) is 10.6. The highest BCUT2D eigenvalue weighted by molar-refractivity contribution is 7.86. The van der Waals surface area contributed by atoms with Crippen LogP contribution >= 0.6 is 0 Å². The zero-order chi connectivity index (χ0) is 38.7. The van der Waals surface area contributed by atoms with Crippen LogP contribution in [0.4, 0.5) is 34.1 Å². The molecule has 0 saturated carbocycles. The summed E-state index contributed by atoms with van der Waals surface area (Å²) in [6.45, 7) is 4.05. The van der Waals surface area contributed by atoms with Crippen molar-refractivity contribution in [1.82, 2.24) is 0 Å². The van der Waals surface area contributed by atoms with Crippen LogP contribution in [-0.2, 0) is 30.8 Å². The van der Waals surface area contributed by atoms with Crippen molar-refractivity contribution in [2.24, 2.45) is 20.5 Å². The lowest BCUT2D eigenvalue weighted by molar-refractivity contribution is 0.317. The second-order valence-corrected chi connectivity index (χ2v) is 14.2. The van der Waals surface area contributed by atoms with E-state index in [9.17, 15) is 16.8 Å². The van der Waals surface area contributed by atoms with Crippen LogP contribution in [0.1, 0.15) is 24.0 Å². The predicted molar refractivity (Wildman–Crippen MR) is 195 cm³/mol. The average Bonchev–Trinajstić information content (AvgIpc) is 3.05. The van der Waals surface area contributed by atoms with Gasteiger partial charge in [-0.05, 0) is 92.4 Å². The third kappa shape index (κ3) is 18.6. The van der Waals surface area contributed by atoms with Gasteiger partial charge in [0.15, 0.2) is 0 Å². The van der Waals surface area contributed by atoms with Crippen molar-refractivity contribution in [3.05, 3.63) is 96.1 Å². The smallest absolute Gasteiger partial charge is 0.425 e. The number of hydrogen-bond acceptors (Lipinski definition) is 15. The third-order valence-corrected chi connectivity index (χ3v) is 7.87. The van der Waals surface area contributed by atoms with Gasteiger partial charge in [0.25, 0.3) is 20.2 Å². The van der Waals surface area contributed by atoms with Crippen LogP contribution in [0.3, 0.4) is 0 Å². The molecule has 20 heteroatoms. The van der Waals surface area contributed by atoms with Crippen molar-refractivity contribution in [2.75, 3.05) is 36.2 Å². The number of nitrogens with zero attached hydrogens (tertiary/aromatic N) is 4. The van der Waals surface area contributed by atoms with E-state index in [0.717, 1.165) is 16.8 Å². The van der Waals surface area contributed by atoms with Gasteiger partial charge in [-0.15, -0.1) is 12.6 Å². The Morgan fingerprint density at radius 3 is 1.54 bits per heavy atom. The van der Waals surface area contributed by atoms with E-state index in [2.05, 4.69) is 20.5 Å². The molecule has 0 aliphatic carbocycles. The first-order chi connectivity index (χ1) is 24.4. The molecule has 0 aliphatic rings. The fourth-order valence-electron chi connectivity index (χ4n) is 3.89. The molecule has 6 N–H and O–H groups in total. The predicted octanol–water partition coefficient (Wildman–Crippen LogP) is 6.29. The lowest BCUT2D eigenvalue weighted by atomic mass is 10.1. The molecule has 0 bridgehead atoms. The Morgan fingerprint density at radius 1 is 0.615 bits per heavy atom. The van der Waals surface area contributed by atoms with Gasteiger partial charge in [0.1, 0.15) is 11.5 Å². The molecule has 0 spiro atoms. The number of nitrogen functional groups attached to an aromatic ring is 2. The summed E-state index contributed by atoms with van der Waals surface area (Å²) in [6.07, 6.45) is 0.364. The van der Waals surface area contributed by atoms with E-state index in [1.807, 2.05) is 50.2 Å². The first-order valence-corrected chi connectivity index (χ1v) is 19.3. The highest BCUT2D eigenvalue weighted by Crippen LogP contribution is 2.32. The molecule has 0 saturated heterocycles. The minimum Gasteiger partial charge on any atom is -0.491 e. The molecule has 4 aromatic carbocycles. The summed E-state index contributed by atoms with van der Waals surface area (Å²) in [5.74, 6) is 0.211. The van der Waals surface area contributed by atoms with Crippen molar-refractivity contribution in [2.45, 2.75) is 26.7 Å². The minimum absolute atomic E-state index is 0.0859. The summed E-state index contributed by atoms with van der Waals surface area (Å²) in [5.41, 5.74) is 17.1. The van der Waals surface area contributed by atoms with Crippen molar-refractivity contribution in [3.8, 4) is 11.5 Å². The maximum Gasteiger partial charge on any atom is 0.425 e. The van der Waals surface area contributed by atoms with Gasteiger partial charge in [0.05, 0.1) is 58.8 Å². The van der Waals surface area contributed by atoms with Crippen LogP contribution < -0.4 is 20.9 Å². The normalized spacial score (nSPS) is 11.3. The van der Waals surface area contributed by atoms with Crippen LogP contribution in [-0.4, -0.2) is 63.3 Å². The Balaban J connectivity index is 0.000000390. The number of benzene rings is 4. The number of ether oxygens (including phenoxy) is 2. The molecule has 280 valence electrons. The van der Waals surface area contributed by atoms with Crippen LogP contribution in [0.25, 0.3) is 0 Å². The molecule has 4 aromatic rings. The lowest BCUT2D eigenvalue weighted by Gasteiger charge is -2.10. The zero-order valence-corrected chi connectivity index (χ0v) is 30.5. The average molecular weight is 779 g/mol.